The summed E-state index contributed by atoms with van der Waals surface area (Å²) in [4.78, 5) is 31.2. The minimum atomic E-state index is -0.0413. The first kappa shape index (κ1) is 13.6. The van der Waals surface area contributed by atoms with Gasteiger partial charge in [-0.3, -0.25) is 14.8 Å². The molecule has 0 radical (unpaired) electrons. The van der Waals surface area contributed by atoms with Crippen LogP contribution in [0.5, 0.6) is 0 Å². The number of hydrogen-bond acceptors (Lipinski definition) is 6. The van der Waals surface area contributed by atoms with Gasteiger partial charge in [0.2, 0.25) is 5.95 Å². The Morgan fingerprint density at radius 2 is 1.96 bits per heavy atom. The summed E-state index contributed by atoms with van der Waals surface area (Å²) in [5.41, 5.74) is 9.58. The Kier molecular flexibility index (Phi) is 3.11. The van der Waals surface area contributed by atoms with Crippen LogP contribution in [-0.4, -0.2) is 37.3 Å². The zero-order valence-electron chi connectivity index (χ0n) is 12.3. The Morgan fingerprint density at radius 1 is 1.13 bits per heavy atom. The zero-order valence-corrected chi connectivity index (χ0v) is 12.3. The maximum atomic E-state index is 12.7. The fourth-order valence-corrected chi connectivity index (χ4v) is 2.77. The van der Waals surface area contributed by atoms with Crippen molar-refractivity contribution in [1.82, 2.24) is 24.8 Å². The van der Waals surface area contributed by atoms with E-state index in [0.29, 0.717) is 24.2 Å². The minimum absolute atomic E-state index is 0.0413. The van der Waals surface area contributed by atoms with Crippen LogP contribution >= 0.6 is 0 Å². The van der Waals surface area contributed by atoms with Gasteiger partial charge in [0.15, 0.2) is 0 Å². The Hall–Kier alpha value is -3.09. The van der Waals surface area contributed by atoms with Crippen molar-refractivity contribution >= 4 is 22.9 Å². The second-order valence-electron chi connectivity index (χ2n) is 5.44. The van der Waals surface area contributed by atoms with Gasteiger partial charge in [0.1, 0.15) is 0 Å². The van der Waals surface area contributed by atoms with Gasteiger partial charge in [-0.15, -0.1) is 0 Å². The highest BCUT2D eigenvalue weighted by Crippen LogP contribution is 2.20. The molecule has 1 aliphatic heterocycles. The van der Waals surface area contributed by atoms with E-state index in [1.807, 2.05) is 6.07 Å². The number of benzene rings is 1. The molecule has 0 saturated heterocycles. The van der Waals surface area contributed by atoms with Crippen LogP contribution in [0.25, 0.3) is 11.0 Å². The number of carbonyl (C=O) groups is 1. The van der Waals surface area contributed by atoms with Crippen molar-refractivity contribution in [2.24, 2.45) is 0 Å². The third-order valence-electron chi connectivity index (χ3n) is 3.97. The van der Waals surface area contributed by atoms with Gasteiger partial charge in [-0.1, -0.05) is 0 Å². The normalized spacial score (nSPS) is 13.8. The molecule has 7 nitrogen and oxygen atoms in total. The Morgan fingerprint density at radius 3 is 2.83 bits per heavy atom. The van der Waals surface area contributed by atoms with E-state index in [0.717, 1.165) is 23.2 Å². The van der Waals surface area contributed by atoms with Crippen LogP contribution < -0.4 is 5.73 Å². The van der Waals surface area contributed by atoms with E-state index in [-0.39, 0.29) is 11.9 Å². The maximum Gasteiger partial charge on any atom is 0.254 e. The number of hydrogen-bond donors (Lipinski definition) is 1. The Labute approximate surface area is 132 Å². The van der Waals surface area contributed by atoms with Gasteiger partial charge in [-0.2, -0.15) is 0 Å². The maximum absolute atomic E-state index is 12.7. The lowest BCUT2D eigenvalue weighted by atomic mass is 10.1. The lowest BCUT2D eigenvalue weighted by Crippen LogP contribution is -2.36. The molecule has 1 amide bonds. The molecule has 2 N–H and O–H groups in total. The van der Waals surface area contributed by atoms with Gasteiger partial charge in [0.05, 0.1) is 23.3 Å². The lowest BCUT2D eigenvalue weighted by molar-refractivity contribution is 0.0732. The van der Waals surface area contributed by atoms with E-state index < -0.39 is 0 Å². The molecule has 1 aromatic carbocycles. The van der Waals surface area contributed by atoms with E-state index in [9.17, 15) is 4.79 Å². The van der Waals surface area contributed by atoms with Crippen LogP contribution in [0.15, 0.2) is 36.8 Å². The molecule has 1 aliphatic rings. The summed E-state index contributed by atoms with van der Waals surface area (Å²) in [6.45, 7) is 1.08. The van der Waals surface area contributed by atoms with E-state index >= 15 is 0 Å². The Balaban J connectivity index is 1.63. The summed E-state index contributed by atoms with van der Waals surface area (Å²) in [5.74, 6) is 0.194. The number of fused-ring (bicyclic) bond motifs is 2. The van der Waals surface area contributed by atoms with Gasteiger partial charge in [-0.05, 0) is 30.2 Å². The number of amides is 1. The first-order chi connectivity index (χ1) is 11.2. The first-order valence-electron chi connectivity index (χ1n) is 7.31. The summed E-state index contributed by atoms with van der Waals surface area (Å²) in [6.07, 6.45) is 5.72. The molecule has 3 heterocycles. The van der Waals surface area contributed by atoms with Gasteiger partial charge in [0, 0.05) is 30.7 Å². The molecule has 7 heteroatoms. The number of nitrogens with two attached hydrogens (primary N) is 1. The van der Waals surface area contributed by atoms with Crippen molar-refractivity contribution < 1.29 is 4.79 Å². The highest BCUT2D eigenvalue weighted by Gasteiger charge is 2.23. The molecule has 114 valence electrons. The molecular weight excluding hydrogens is 292 g/mol. The SMILES string of the molecule is Nc1ncc2c(n1)CN(C(=O)c1ccc3nccnc3c1)CC2. The zero-order chi connectivity index (χ0) is 15.8. The van der Waals surface area contributed by atoms with Crippen LogP contribution in [0.1, 0.15) is 21.6 Å². The third kappa shape index (κ3) is 2.46. The van der Waals surface area contributed by atoms with E-state index in [2.05, 4.69) is 19.9 Å². The van der Waals surface area contributed by atoms with Gasteiger partial charge < -0.3 is 10.6 Å². The molecule has 2 aromatic heterocycles. The fourth-order valence-electron chi connectivity index (χ4n) is 2.77. The van der Waals surface area contributed by atoms with Crippen LogP contribution in [0.4, 0.5) is 5.95 Å². The molecule has 3 aromatic rings. The molecule has 0 unspecified atom stereocenters. The smallest absolute Gasteiger partial charge is 0.254 e. The highest BCUT2D eigenvalue weighted by atomic mass is 16.2. The quantitative estimate of drug-likeness (QED) is 0.725. The number of carbonyl (C=O) groups excluding carboxylic acids is 1. The van der Waals surface area contributed by atoms with Crippen LogP contribution in [0, 0.1) is 0 Å². The highest BCUT2D eigenvalue weighted by molar-refractivity contribution is 5.97. The predicted octanol–water partition coefficient (Wildman–Crippen LogP) is 1.20. The van der Waals surface area contributed by atoms with Crippen LogP contribution in [-0.2, 0) is 13.0 Å². The largest absolute Gasteiger partial charge is 0.368 e. The van der Waals surface area contributed by atoms with Crippen molar-refractivity contribution in [2.75, 3.05) is 12.3 Å². The molecule has 0 fully saturated rings. The van der Waals surface area contributed by atoms with Crippen molar-refractivity contribution in [3.63, 3.8) is 0 Å². The molecular formula is C16H14N6O. The second-order valence-corrected chi connectivity index (χ2v) is 5.44. The Bertz CT molecular complexity index is 910. The molecule has 0 atom stereocenters. The average molecular weight is 306 g/mol. The number of anilines is 1. The summed E-state index contributed by atoms with van der Waals surface area (Å²) in [5, 5.41) is 0. The molecule has 0 spiro atoms. The topological polar surface area (TPSA) is 97.9 Å². The molecule has 23 heavy (non-hydrogen) atoms. The third-order valence-corrected chi connectivity index (χ3v) is 3.97. The summed E-state index contributed by atoms with van der Waals surface area (Å²) in [6, 6.07) is 5.37. The second kappa shape index (κ2) is 5.28. The van der Waals surface area contributed by atoms with Crippen molar-refractivity contribution in [2.45, 2.75) is 13.0 Å². The number of rotatable bonds is 1. The van der Waals surface area contributed by atoms with E-state index in [1.165, 1.54) is 0 Å². The first-order valence-corrected chi connectivity index (χ1v) is 7.31. The predicted molar refractivity (Wildman–Crippen MR) is 84.4 cm³/mol. The standard InChI is InChI=1S/C16H14N6O/c17-16-20-8-11-3-6-22(9-14(11)21-16)15(23)10-1-2-12-13(7-10)19-5-4-18-12/h1-2,4-5,7-8H,3,6,9H2,(H2,17,20,21). The summed E-state index contributed by atoms with van der Waals surface area (Å²) >= 11 is 0. The van der Waals surface area contributed by atoms with Crippen LogP contribution in [0.2, 0.25) is 0 Å². The number of nitrogens with zero attached hydrogens (tertiary/aromatic N) is 5. The monoisotopic (exact) mass is 306 g/mol. The molecule has 4 rings (SSSR count). The summed E-state index contributed by atoms with van der Waals surface area (Å²) < 4.78 is 0. The molecule has 0 saturated carbocycles. The van der Waals surface area contributed by atoms with Gasteiger partial charge >= 0.3 is 0 Å². The van der Waals surface area contributed by atoms with Crippen molar-refractivity contribution in [1.29, 1.82) is 0 Å². The number of nitrogen functional groups attached to an aromatic ring is 1. The fraction of sp³-hybridized carbons (Fsp3) is 0.188. The lowest BCUT2D eigenvalue weighted by Gasteiger charge is -2.28. The molecule has 0 aliphatic carbocycles. The van der Waals surface area contributed by atoms with Gasteiger partial charge in [-0.25, -0.2) is 9.97 Å². The van der Waals surface area contributed by atoms with E-state index in [1.54, 1.807) is 35.6 Å². The van der Waals surface area contributed by atoms with E-state index in [4.69, 9.17) is 5.73 Å². The van der Waals surface area contributed by atoms with Gasteiger partial charge in [0.25, 0.3) is 5.91 Å². The van der Waals surface area contributed by atoms with Crippen molar-refractivity contribution in [3.05, 3.63) is 53.6 Å². The average Bonchev–Trinajstić information content (AvgIpc) is 2.60. The molecule has 0 bridgehead atoms. The minimum Gasteiger partial charge on any atom is -0.368 e. The summed E-state index contributed by atoms with van der Waals surface area (Å²) in [7, 11) is 0. The number of aromatic nitrogens is 4. The van der Waals surface area contributed by atoms with Crippen LogP contribution in [0.3, 0.4) is 0 Å². The van der Waals surface area contributed by atoms with Crippen molar-refractivity contribution in [3.8, 4) is 0 Å².